The highest BCUT2D eigenvalue weighted by atomic mass is 35.5. The minimum absolute atomic E-state index is 0.205. The summed E-state index contributed by atoms with van der Waals surface area (Å²) in [7, 11) is 2.14. The van der Waals surface area contributed by atoms with E-state index in [0.717, 1.165) is 30.9 Å². The molecule has 1 fully saturated rings. The van der Waals surface area contributed by atoms with E-state index in [1.165, 1.54) is 12.5 Å². The summed E-state index contributed by atoms with van der Waals surface area (Å²) in [5, 5.41) is 0. The van der Waals surface area contributed by atoms with Gasteiger partial charge < -0.3 is 9.47 Å². The fourth-order valence-corrected chi connectivity index (χ4v) is 3.31. The van der Waals surface area contributed by atoms with Crippen LogP contribution in [-0.4, -0.2) is 34.6 Å². The summed E-state index contributed by atoms with van der Waals surface area (Å²) in [6, 6.07) is 3.78. The molecule has 1 aliphatic heterocycles. The van der Waals surface area contributed by atoms with Gasteiger partial charge in [0, 0.05) is 18.7 Å². The van der Waals surface area contributed by atoms with E-state index in [2.05, 4.69) is 21.5 Å². The van der Waals surface area contributed by atoms with Gasteiger partial charge in [0.15, 0.2) is 0 Å². The van der Waals surface area contributed by atoms with Gasteiger partial charge in [-0.05, 0) is 45.0 Å². The van der Waals surface area contributed by atoms with Crippen molar-refractivity contribution in [1.82, 2.24) is 14.5 Å². The van der Waals surface area contributed by atoms with Crippen LogP contribution in [0.2, 0.25) is 0 Å². The van der Waals surface area contributed by atoms with Crippen molar-refractivity contribution >= 4 is 22.6 Å². The first-order valence-electron chi connectivity index (χ1n) is 7.01. The predicted molar refractivity (Wildman–Crippen MR) is 79.8 cm³/mol. The molecule has 1 aliphatic rings. The van der Waals surface area contributed by atoms with Gasteiger partial charge in [0.25, 0.3) is 0 Å². The highest BCUT2D eigenvalue weighted by Gasteiger charge is 2.23. The lowest BCUT2D eigenvalue weighted by atomic mass is 10.1. The summed E-state index contributed by atoms with van der Waals surface area (Å²) >= 11 is 6.05. The second kappa shape index (κ2) is 5.34. The SMILES string of the molecule is Cc1cc2c(cc1F)nc(CCl)n2C1CCCN(C)C1. The number of nitrogens with zero attached hydrogens (tertiary/aromatic N) is 3. The van der Waals surface area contributed by atoms with Crippen LogP contribution in [0.4, 0.5) is 4.39 Å². The summed E-state index contributed by atoms with van der Waals surface area (Å²) in [6.07, 6.45) is 2.29. The molecule has 2 aromatic rings. The Hall–Kier alpha value is -1.13. The molecule has 3 nitrogen and oxygen atoms in total. The maximum atomic E-state index is 13.7. The van der Waals surface area contributed by atoms with Crippen molar-refractivity contribution in [3.63, 3.8) is 0 Å². The first-order valence-corrected chi connectivity index (χ1v) is 7.55. The lowest BCUT2D eigenvalue weighted by Gasteiger charge is -2.31. The zero-order valence-corrected chi connectivity index (χ0v) is 12.6. The maximum Gasteiger partial charge on any atom is 0.128 e. The molecular formula is C15H19ClFN3. The van der Waals surface area contributed by atoms with Crippen molar-refractivity contribution in [3.05, 3.63) is 29.3 Å². The van der Waals surface area contributed by atoms with Crippen LogP contribution in [0.1, 0.15) is 30.3 Å². The van der Waals surface area contributed by atoms with Gasteiger partial charge in [0.1, 0.15) is 11.6 Å². The standard InChI is InChI=1S/C15H19ClFN3/c1-10-6-14-13(7-12(10)17)18-15(8-16)20(14)11-4-3-5-19(2)9-11/h6-7,11H,3-5,8-9H2,1-2H3. The van der Waals surface area contributed by atoms with Crippen LogP contribution < -0.4 is 0 Å². The molecule has 0 N–H and O–H groups in total. The van der Waals surface area contributed by atoms with E-state index >= 15 is 0 Å². The third kappa shape index (κ3) is 2.31. The summed E-state index contributed by atoms with van der Waals surface area (Å²) in [6.45, 7) is 3.91. The van der Waals surface area contributed by atoms with Gasteiger partial charge in [-0.3, -0.25) is 0 Å². The number of piperidine rings is 1. The maximum absolute atomic E-state index is 13.7. The Morgan fingerprint density at radius 2 is 2.25 bits per heavy atom. The molecule has 3 rings (SSSR count). The van der Waals surface area contributed by atoms with E-state index in [0.29, 0.717) is 23.0 Å². The highest BCUT2D eigenvalue weighted by molar-refractivity contribution is 6.16. The van der Waals surface area contributed by atoms with Gasteiger partial charge in [-0.15, -0.1) is 11.6 Å². The van der Waals surface area contributed by atoms with Crippen molar-refractivity contribution in [1.29, 1.82) is 0 Å². The van der Waals surface area contributed by atoms with Crippen LogP contribution in [0.5, 0.6) is 0 Å². The number of aryl methyl sites for hydroxylation is 1. The molecule has 20 heavy (non-hydrogen) atoms. The Kier molecular flexibility index (Phi) is 3.69. The minimum Gasteiger partial charge on any atom is -0.323 e. The Bertz CT molecular complexity index is 638. The predicted octanol–water partition coefficient (Wildman–Crippen LogP) is 3.49. The number of fused-ring (bicyclic) bond motifs is 1. The Morgan fingerprint density at radius 1 is 1.45 bits per heavy atom. The number of alkyl halides is 1. The second-order valence-corrected chi connectivity index (χ2v) is 5.95. The van der Waals surface area contributed by atoms with E-state index in [9.17, 15) is 4.39 Å². The number of aromatic nitrogens is 2. The molecule has 1 saturated heterocycles. The minimum atomic E-state index is -0.205. The Morgan fingerprint density at radius 3 is 2.95 bits per heavy atom. The molecule has 0 aliphatic carbocycles. The number of hydrogen-bond acceptors (Lipinski definition) is 2. The van der Waals surface area contributed by atoms with Gasteiger partial charge in [-0.1, -0.05) is 0 Å². The quantitative estimate of drug-likeness (QED) is 0.791. The van der Waals surface area contributed by atoms with Crippen LogP contribution in [0.25, 0.3) is 11.0 Å². The average molecular weight is 296 g/mol. The molecule has 5 heteroatoms. The van der Waals surface area contributed by atoms with E-state index in [-0.39, 0.29) is 5.82 Å². The Labute approximate surface area is 123 Å². The normalized spacial score (nSPS) is 20.7. The van der Waals surface area contributed by atoms with Crippen LogP contribution >= 0.6 is 11.6 Å². The van der Waals surface area contributed by atoms with E-state index in [4.69, 9.17) is 11.6 Å². The smallest absolute Gasteiger partial charge is 0.128 e. The number of benzene rings is 1. The summed E-state index contributed by atoms with van der Waals surface area (Å²) in [5.41, 5.74) is 2.36. The van der Waals surface area contributed by atoms with Crippen LogP contribution in [-0.2, 0) is 5.88 Å². The molecule has 0 spiro atoms. The van der Waals surface area contributed by atoms with Crippen molar-refractivity contribution in [2.75, 3.05) is 20.1 Å². The number of halogens is 2. The van der Waals surface area contributed by atoms with Crippen LogP contribution in [0.15, 0.2) is 12.1 Å². The molecule has 0 amide bonds. The van der Waals surface area contributed by atoms with Gasteiger partial charge in [-0.25, -0.2) is 9.37 Å². The molecular weight excluding hydrogens is 277 g/mol. The molecule has 1 atom stereocenters. The summed E-state index contributed by atoms with van der Waals surface area (Å²) in [5.74, 6) is 0.992. The van der Waals surface area contributed by atoms with Gasteiger partial charge in [0.2, 0.25) is 0 Å². The molecule has 2 heterocycles. The summed E-state index contributed by atoms with van der Waals surface area (Å²) in [4.78, 5) is 6.83. The van der Waals surface area contributed by atoms with Gasteiger partial charge in [0.05, 0.1) is 16.9 Å². The number of likely N-dealkylation sites (tertiary alicyclic amines) is 1. The molecule has 1 unspecified atom stereocenters. The number of hydrogen-bond donors (Lipinski definition) is 0. The number of imidazole rings is 1. The topological polar surface area (TPSA) is 21.1 Å². The zero-order valence-electron chi connectivity index (χ0n) is 11.9. The third-order valence-electron chi connectivity index (χ3n) is 4.13. The molecule has 1 aromatic heterocycles. The molecule has 1 aromatic carbocycles. The second-order valence-electron chi connectivity index (χ2n) is 5.68. The summed E-state index contributed by atoms with van der Waals surface area (Å²) < 4.78 is 15.9. The Balaban J connectivity index is 2.14. The fraction of sp³-hybridized carbons (Fsp3) is 0.533. The van der Waals surface area contributed by atoms with Crippen molar-refractivity contribution < 1.29 is 4.39 Å². The molecule has 0 saturated carbocycles. The zero-order chi connectivity index (χ0) is 14.3. The molecule has 0 radical (unpaired) electrons. The number of likely N-dealkylation sites (N-methyl/N-ethyl adjacent to an activating group) is 1. The monoisotopic (exact) mass is 295 g/mol. The molecule has 108 valence electrons. The van der Waals surface area contributed by atoms with Crippen molar-refractivity contribution in [2.24, 2.45) is 0 Å². The van der Waals surface area contributed by atoms with E-state index in [1.54, 1.807) is 6.92 Å². The van der Waals surface area contributed by atoms with Crippen molar-refractivity contribution in [2.45, 2.75) is 31.7 Å². The average Bonchev–Trinajstić information content (AvgIpc) is 2.77. The fourth-order valence-electron chi connectivity index (χ4n) is 3.12. The van der Waals surface area contributed by atoms with E-state index < -0.39 is 0 Å². The lowest BCUT2D eigenvalue weighted by molar-refractivity contribution is 0.213. The molecule has 0 bridgehead atoms. The largest absolute Gasteiger partial charge is 0.323 e. The highest BCUT2D eigenvalue weighted by Crippen LogP contribution is 2.29. The first kappa shape index (κ1) is 13.8. The van der Waals surface area contributed by atoms with Crippen LogP contribution in [0.3, 0.4) is 0 Å². The van der Waals surface area contributed by atoms with E-state index in [1.807, 2.05) is 6.07 Å². The van der Waals surface area contributed by atoms with Gasteiger partial charge in [-0.2, -0.15) is 0 Å². The number of rotatable bonds is 2. The third-order valence-corrected chi connectivity index (χ3v) is 4.37. The lowest BCUT2D eigenvalue weighted by Crippen LogP contribution is -2.34. The van der Waals surface area contributed by atoms with Crippen LogP contribution in [0, 0.1) is 12.7 Å². The first-order chi connectivity index (χ1) is 9.60. The van der Waals surface area contributed by atoms with Gasteiger partial charge >= 0.3 is 0 Å². The van der Waals surface area contributed by atoms with Crippen molar-refractivity contribution in [3.8, 4) is 0 Å².